The molecule has 0 amide bonds. The lowest BCUT2D eigenvalue weighted by atomic mass is 9.92. The zero-order valence-electron chi connectivity index (χ0n) is 11.2. The van der Waals surface area contributed by atoms with Crippen LogP contribution in [0.15, 0.2) is 22.7 Å². The molecular weight excluding hydrogens is 290 g/mol. The molecule has 0 aliphatic heterocycles. The van der Waals surface area contributed by atoms with Crippen LogP contribution in [0.2, 0.25) is 0 Å². The number of halogens is 1. The van der Waals surface area contributed by atoms with Crippen molar-refractivity contribution < 1.29 is 4.74 Å². The molecule has 1 saturated carbocycles. The van der Waals surface area contributed by atoms with Crippen LogP contribution in [0, 0.1) is 5.92 Å². The van der Waals surface area contributed by atoms with Crippen molar-refractivity contribution in [1.29, 1.82) is 0 Å². The lowest BCUT2D eigenvalue weighted by Crippen LogP contribution is -2.34. The number of likely N-dealkylation sites (N-methyl/N-ethyl adjacent to an activating group) is 1. The van der Waals surface area contributed by atoms with E-state index in [1.165, 1.54) is 35.7 Å². The third-order valence-electron chi connectivity index (χ3n) is 4.03. The van der Waals surface area contributed by atoms with Crippen molar-refractivity contribution in [3.63, 3.8) is 0 Å². The molecule has 0 saturated heterocycles. The van der Waals surface area contributed by atoms with Crippen LogP contribution in [-0.2, 0) is 6.42 Å². The fourth-order valence-electron chi connectivity index (χ4n) is 2.94. The van der Waals surface area contributed by atoms with E-state index in [2.05, 4.69) is 40.4 Å². The van der Waals surface area contributed by atoms with Crippen LogP contribution in [0.4, 0.5) is 0 Å². The van der Waals surface area contributed by atoms with E-state index in [-0.39, 0.29) is 0 Å². The van der Waals surface area contributed by atoms with Gasteiger partial charge in [0.25, 0.3) is 0 Å². The number of benzene rings is 1. The summed E-state index contributed by atoms with van der Waals surface area (Å²) in [5.41, 5.74) is 1.33. The van der Waals surface area contributed by atoms with E-state index in [1.54, 1.807) is 7.11 Å². The summed E-state index contributed by atoms with van der Waals surface area (Å²) < 4.78 is 6.49. The second-order valence-electron chi connectivity index (χ2n) is 5.10. The Morgan fingerprint density at radius 3 is 2.72 bits per heavy atom. The first kappa shape index (κ1) is 13.9. The summed E-state index contributed by atoms with van der Waals surface area (Å²) in [5.74, 6) is 1.77. The van der Waals surface area contributed by atoms with Gasteiger partial charge in [-0.1, -0.05) is 28.8 Å². The lowest BCUT2D eigenvalue weighted by molar-refractivity contribution is 0.375. The van der Waals surface area contributed by atoms with E-state index in [4.69, 9.17) is 4.74 Å². The molecule has 100 valence electrons. The van der Waals surface area contributed by atoms with Gasteiger partial charge in [-0.05, 0) is 56.0 Å². The smallest absolute Gasteiger partial charge is 0.119 e. The van der Waals surface area contributed by atoms with E-state index in [9.17, 15) is 0 Å². The molecule has 1 aliphatic carbocycles. The second kappa shape index (κ2) is 6.58. The quantitative estimate of drug-likeness (QED) is 0.893. The maximum Gasteiger partial charge on any atom is 0.119 e. The summed E-state index contributed by atoms with van der Waals surface area (Å²) >= 11 is 3.64. The highest BCUT2D eigenvalue weighted by molar-refractivity contribution is 9.10. The first-order valence-corrected chi connectivity index (χ1v) is 7.53. The number of methoxy groups -OCH3 is 1. The summed E-state index contributed by atoms with van der Waals surface area (Å²) in [6, 6.07) is 6.80. The maximum absolute atomic E-state index is 5.31. The summed E-state index contributed by atoms with van der Waals surface area (Å²) in [7, 11) is 3.80. The standard InChI is InChI=1S/C15H22BrNO/c1-17-15(11-5-3-4-6-11)10-12-9-13(18-2)7-8-14(12)16/h7-9,11,15,17H,3-6,10H2,1-2H3. The molecule has 2 rings (SSSR count). The van der Waals surface area contributed by atoms with Crippen molar-refractivity contribution in [2.24, 2.45) is 5.92 Å². The van der Waals surface area contributed by atoms with Crippen LogP contribution in [0.1, 0.15) is 31.2 Å². The third-order valence-corrected chi connectivity index (χ3v) is 4.81. The number of rotatable bonds is 5. The van der Waals surface area contributed by atoms with Gasteiger partial charge >= 0.3 is 0 Å². The van der Waals surface area contributed by atoms with Crippen molar-refractivity contribution in [1.82, 2.24) is 5.32 Å². The predicted molar refractivity (Wildman–Crippen MR) is 79.2 cm³/mol. The van der Waals surface area contributed by atoms with Gasteiger partial charge in [-0.2, -0.15) is 0 Å². The van der Waals surface area contributed by atoms with Crippen LogP contribution >= 0.6 is 15.9 Å². The average molecular weight is 312 g/mol. The Balaban J connectivity index is 2.10. The SMILES string of the molecule is CNC(Cc1cc(OC)ccc1Br)C1CCCC1. The number of hydrogen-bond acceptors (Lipinski definition) is 2. The number of hydrogen-bond donors (Lipinski definition) is 1. The minimum absolute atomic E-state index is 0.580. The molecule has 0 spiro atoms. The van der Waals surface area contributed by atoms with Gasteiger partial charge in [0.05, 0.1) is 7.11 Å². The molecule has 0 radical (unpaired) electrons. The molecule has 2 nitrogen and oxygen atoms in total. The largest absolute Gasteiger partial charge is 0.497 e. The molecular formula is C15H22BrNO. The van der Waals surface area contributed by atoms with E-state index >= 15 is 0 Å². The zero-order chi connectivity index (χ0) is 13.0. The molecule has 1 fully saturated rings. The van der Waals surface area contributed by atoms with Gasteiger partial charge in [0.15, 0.2) is 0 Å². The second-order valence-corrected chi connectivity index (χ2v) is 5.96. The summed E-state index contributed by atoms with van der Waals surface area (Å²) in [4.78, 5) is 0. The van der Waals surface area contributed by atoms with Gasteiger partial charge in [-0.15, -0.1) is 0 Å². The molecule has 3 heteroatoms. The Hall–Kier alpha value is -0.540. The molecule has 0 aromatic heterocycles. The zero-order valence-corrected chi connectivity index (χ0v) is 12.8. The van der Waals surface area contributed by atoms with Gasteiger partial charge in [0.1, 0.15) is 5.75 Å². The Morgan fingerprint density at radius 1 is 1.39 bits per heavy atom. The normalized spacial score (nSPS) is 17.9. The van der Waals surface area contributed by atoms with Gasteiger partial charge in [0.2, 0.25) is 0 Å². The van der Waals surface area contributed by atoms with Gasteiger partial charge in [0, 0.05) is 10.5 Å². The molecule has 0 bridgehead atoms. The molecule has 1 aliphatic rings. The molecule has 0 heterocycles. The van der Waals surface area contributed by atoms with Crippen molar-refractivity contribution in [2.45, 2.75) is 38.1 Å². The van der Waals surface area contributed by atoms with Crippen molar-refractivity contribution in [3.8, 4) is 5.75 Å². The first-order chi connectivity index (χ1) is 8.74. The highest BCUT2D eigenvalue weighted by Crippen LogP contribution is 2.31. The maximum atomic E-state index is 5.31. The highest BCUT2D eigenvalue weighted by atomic mass is 79.9. The van der Waals surface area contributed by atoms with Gasteiger partial charge < -0.3 is 10.1 Å². The van der Waals surface area contributed by atoms with E-state index in [0.717, 1.165) is 18.1 Å². The number of nitrogens with one attached hydrogen (secondary N) is 1. The van der Waals surface area contributed by atoms with E-state index < -0.39 is 0 Å². The van der Waals surface area contributed by atoms with E-state index in [0.29, 0.717) is 6.04 Å². The Bertz CT molecular complexity index is 388. The molecule has 18 heavy (non-hydrogen) atoms. The van der Waals surface area contributed by atoms with Crippen LogP contribution in [-0.4, -0.2) is 20.2 Å². The third kappa shape index (κ3) is 3.27. The summed E-state index contributed by atoms with van der Waals surface area (Å²) in [6.07, 6.45) is 6.59. The first-order valence-electron chi connectivity index (χ1n) is 6.74. The molecule has 1 unspecified atom stereocenters. The fraction of sp³-hybridized carbons (Fsp3) is 0.600. The molecule has 1 aromatic rings. The average Bonchev–Trinajstić information content (AvgIpc) is 2.91. The minimum Gasteiger partial charge on any atom is -0.497 e. The highest BCUT2D eigenvalue weighted by Gasteiger charge is 2.24. The Morgan fingerprint density at radius 2 is 2.11 bits per heavy atom. The summed E-state index contributed by atoms with van der Waals surface area (Å²) in [6.45, 7) is 0. The topological polar surface area (TPSA) is 21.3 Å². The minimum atomic E-state index is 0.580. The Labute approximate surface area is 118 Å². The van der Waals surface area contributed by atoms with Gasteiger partial charge in [-0.3, -0.25) is 0 Å². The van der Waals surface area contributed by atoms with Crippen LogP contribution in [0.5, 0.6) is 5.75 Å². The lowest BCUT2D eigenvalue weighted by Gasteiger charge is -2.23. The van der Waals surface area contributed by atoms with Crippen molar-refractivity contribution in [3.05, 3.63) is 28.2 Å². The molecule has 1 N–H and O–H groups in total. The monoisotopic (exact) mass is 311 g/mol. The molecule has 1 atom stereocenters. The van der Waals surface area contributed by atoms with Crippen LogP contribution in [0.3, 0.4) is 0 Å². The Kier molecular flexibility index (Phi) is 5.07. The van der Waals surface area contributed by atoms with Crippen LogP contribution < -0.4 is 10.1 Å². The van der Waals surface area contributed by atoms with Crippen LogP contribution in [0.25, 0.3) is 0 Å². The van der Waals surface area contributed by atoms with Gasteiger partial charge in [-0.25, -0.2) is 0 Å². The number of ether oxygens (including phenoxy) is 1. The fourth-order valence-corrected chi connectivity index (χ4v) is 3.34. The van der Waals surface area contributed by atoms with Crippen molar-refractivity contribution >= 4 is 15.9 Å². The van der Waals surface area contributed by atoms with Crippen molar-refractivity contribution in [2.75, 3.05) is 14.2 Å². The summed E-state index contributed by atoms with van der Waals surface area (Å²) in [5, 5.41) is 3.50. The molecule has 1 aromatic carbocycles. The predicted octanol–water partition coefficient (Wildman–Crippen LogP) is 3.78. The van der Waals surface area contributed by atoms with E-state index in [1.807, 2.05) is 6.07 Å².